The van der Waals surface area contributed by atoms with Gasteiger partial charge in [0.05, 0.1) is 12.1 Å². The van der Waals surface area contributed by atoms with Crippen molar-refractivity contribution in [3.8, 4) is 0 Å². The van der Waals surface area contributed by atoms with Crippen LogP contribution in [0, 0.1) is 5.92 Å². The normalized spacial score (nSPS) is 15.4. The van der Waals surface area contributed by atoms with Crippen LogP contribution in [0.3, 0.4) is 0 Å². The number of aliphatic hydroxyl groups excluding tert-OH is 1. The van der Waals surface area contributed by atoms with E-state index in [4.69, 9.17) is 16.3 Å². The Labute approximate surface area is 110 Å². The fourth-order valence-corrected chi connectivity index (χ4v) is 2.16. The van der Waals surface area contributed by atoms with E-state index in [1.54, 1.807) is 27.7 Å². The Balaban J connectivity index is 2.70. The number of hydrogen-bond acceptors (Lipinski definition) is 5. The number of aliphatic hydroxyl groups is 1. The molecular weight excluding hydrogens is 262 g/mol. The molecule has 0 radical (unpaired) electrons. The first kappa shape index (κ1) is 14.4. The van der Waals surface area contributed by atoms with Crippen LogP contribution < -0.4 is 0 Å². The summed E-state index contributed by atoms with van der Waals surface area (Å²) in [6.07, 6.45) is 0.467. The molecule has 0 amide bonds. The molecule has 0 aliphatic rings. The number of aromatic nitrogens is 1. The highest BCUT2D eigenvalue weighted by molar-refractivity contribution is 7.15. The molecule has 2 atom stereocenters. The highest BCUT2D eigenvalue weighted by atomic mass is 35.5. The number of thiazole rings is 1. The average Bonchev–Trinajstić information content (AvgIpc) is 2.60. The molecule has 1 heterocycles. The van der Waals surface area contributed by atoms with Crippen LogP contribution in [0.1, 0.15) is 38.8 Å². The number of rotatable bonds is 3. The topological polar surface area (TPSA) is 59.4 Å². The number of hydrogen-bond donors (Lipinski definition) is 1. The third kappa shape index (κ3) is 4.26. The van der Waals surface area contributed by atoms with E-state index in [0.717, 1.165) is 11.3 Å². The Morgan fingerprint density at radius 3 is 2.59 bits per heavy atom. The van der Waals surface area contributed by atoms with Gasteiger partial charge in [0.15, 0.2) is 0 Å². The van der Waals surface area contributed by atoms with Crippen LogP contribution in [0.2, 0.25) is 4.34 Å². The molecule has 0 fully saturated rings. The minimum Gasteiger partial charge on any atom is -0.460 e. The maximum atomic E-state index is 11.7. The highest BCUT2D eigenvalue weighted by Crippen LogP contribution is 2.29. The van der Waals surface area contributed by atoms with Crippen LogP contribution in [0.4, 0.5) is 0 Å². The van der Waals surface area contributed by atoms with Crippen molar-refractivity contribution in [3.05, 3.63) is 15.5 Å². The maximum absolute atomic E-state index is 11.7. The predicted molar refractivity (Wildman–Crippen MR) is 67.1 cm³/mol. The molecule has 1 aromatic rings. The third-order valence-electron chi connectivity index (χ3n) is 2.00. The van der Waals surface area contributed by atoms with Gasteiger partial charge in [-0.05, 0) is 27.7 Å². The first-order valence-electron chi connectivity index (χ1n) is 5.23. The number of esters is 1. The van der Waals surface area contributed by atoms with Gasteiger partial charge in [0.2, 0.25) is 0 Å². The summed E-state index contributed by atoms with van der Waals surface area (Å²) in [5.41, 5.74) is -0.564. The summed E-state index contributed by atoms with van der Waals surface area (Å²) in [4.78, 5) is 15.7. The molecular formula is C11H16ClNO3S. The first-order valence-corrected chi connectivity index (χ1v) is 6.42. The Morgan fingerprint density at radius 1 is 1.59 bits per heavy atom. The molecule has 96 valence electrons. The van der Waals surface area contributed by atoms with Gasteiger partial charge in [-0.15, -0.1) is 11.3 Å². The number of carbonyl (C=O) groups excluding carboxylic acids is 1. The van der Waals surface area contributed by atoms with Crippen molar-refractivity contribution in [2.24, 2.45) is 5.92 Å². The SMILES string of the molecule is CC(C(=O)OC(C)(C)C)C(O)c1ncc(Cl)s1. The van der Waals surface area contributed by atoms with Crippen LogP contribution in [-0.4, -0.2) is 21.7 Å². The molecule has 0 saturated heterocycles. The molecule has 17 heavy (non-hydrogen) atoms. The van der Waals surface area contributed by atoms with E-state index in [2.05, 4.69) is 4.98 Å². The molecule has 0 bridgehead atoms. The Kier molecular flexibility index (Phi) is 4.52. The molecule has 0 aliphatic carbocycles. The van der Waals surface area contributed by atoms with Crippen LogP contribution in [0.5, 0.6) is 0 Å². The van der Waals surface area contributed by atoms with E-state index < -0.39 is 23.6 Å². The fourth-order valence-electron chi connectivity index (χ4n) is 1.14. The van der Waals surface area contributed by atoms with Gasteiger partial charge < -0.3 is 9.84 Å². The lowest BCUT2D eigenvalue weighted by atomic mass is 10.1. The number of carbonyl (C=O) groups is 1. The largest absolute Gasteiger partial charge is 0.460 e. The van der Waals surface area contributed by atoms with Gasteiger partial charge >= 0.3 is 5.97 Å². The number of ether oxygens (including phenoxy) is 1. The molecule has 4 nitrogen and oxygen atoms in total. The average molecular weight is 278 g/mol. The summed E-state index contributed by atoms with van der Waals surface area (Å²) in [5, 5.41) is 10.4. The molecule has 0 aromatic carbocycles. The summed E-state index contributed by atoms with van der Waals surface area (Å²) in [7, 11) is 0. The molecule has 6 heteroatoms. The Bertz CT molecular complexity index is 400. The van der Waals surface area contributed by atoms with Gasteiger partial charge in [-0.1, -0.05) is 11.6 Å². The summed E-state index contributed by atoms with van der Waals surface area (Å²) in [6, 6.07) is 0. The summed E-state index contributed by atoms with van der Waals surface area (Å²) in [5.74, 6) is -1.12. The molecule has 2 unspecified atom stereocenters. The summed E-state index contributed by atoms with van der Waals surface area (Å²) >= 11 is 6.88. The molecule has 1 aromatic heterocycles. The maximum Gasteiger partial charge on any atom is 0.312 e. The smallest absolute Gasteiger partial charge is 0.312 e. The Morgan fingerprint density at radius 2 is 2.18 bits per heavy atom. The standard InChI is InChI=1S/C11H16ClNO3S/c1-6(10(15)16-11(2,3)4)8(14)9-13-5-7(12)17-9/h5-6,8,14H,1-4H3. The van der Waals surface area contributed by atoms with E-state index >= 15 is 0 Å². The lowest BCUT2D eigenvalue weighted by Crippen LogP contribution is -2.30. The second kappa shape index (κ2) is 5.33. The van der Waals surface area contributed by atoms with E-state index in [1.165, 1.54) is 6.20 Å². The zero-order valence-corrected chi connectivity index (χ0v) is 11.8. The van der Waals surface area contributed by atoms with Crippen LogP contribution in [0.25, 0.3) is 0 Å². The third-order valence-corrected chi connectivity index (χ3v) is 3.19. The molecule has 0 spiro atoms. The van der Waals surface area contributed by atoms with E-state index in [9.17, 15) is 9.90 Å². The van der Waals surface area contributed by atoms with Gasteiger partial charge in [0, 0.05) is 0 Å². The second-order valence-corrected chi connectivity index (χ2v) is 6.46. The highest BCUT2D eigenvalue weighted by Gasteiger charge is 2.29. The van der Waals surface area contributed by atoms with Crippen molar-refractivity contribution in [1.82, 2.24) is 4.98 Å². The quantitative estimate of drug-likeness (QED) is 0.863. The van der Waals surface area contributed by atoms with Crippen LogP contribution in [-0.2, 0) is 9.53 Å². The van der Waals surface area contributed by atoms with Gasteiger partial charge in [0.25, 0.3) is 0 Å². The number of nitrogens with zero attached hydrogens (tertiary/aromatic N) is 1. The van der Waals surface area contributed by atoms with Crippen molar-refractivity contribution in [3.63, 3.8) is 0 Å². The van der Waals surface area contributed by atoms with Crippen molar-refractivity contribution in [2.45, 2.75) is 39.4 Å². The van der Waals surface area contributed by atoms with Gasteiger partial charge in [-0.3, -0.25) is 4.79 Å². The van der Waals surface area contributed by atoms with E-state index in [0.29, 0.717) is 9.34 Å². The van der Waals surface area contributed by atoms with E-state index in [1.807, 2.05) is 0 Å². The molecule has 0 aliphatic heterocycles. The van der Waals surface area contributed by atoms with Gasteiger partial charge in [0.1, 0.15) is 21.0 Å². The van der Waals surface area contributed by atoms with E-state index in [-0.39, 0.29) is 0 Å². The first-order chi connectivity index (χ1) is 7.70. The van der Waals surface area contributed by atoms with Crippen molar-refractivity contribution >= 4 is 28.9 Å². The molecule has 0 saturated carbocycles. The van der Waals surface area contributed by atoms with Crippen molar-refractivity contribution in [1.29, 1.82) is 0 Å². The van der Waals surface area contributed by atoms with Crippen LogP contribution >= 0.6 is 22.9 Å². The number of halogens is 1. The van der Waals surface area contributed by atoms with Gasteiger partial charge in [-0.25, -0.2) is 4.98 Å². The van der Waals surface area contributed by atoms with Crippen LogP contribution in [0.15, 0.2) is 6.20 Å². The molecule has 1 N–H and O–H groups in total. The zero-order valence-electron chi connectivity index (χ0n) is 10.2. The fraction of sp³-hybridized carbons (Fsp3) is 0.636. The Hall–Kier alpha value is -0.650. The zero-order chi connectivity index (χ0) is 13.2. The molecule has 1 rings (SSSR count). The van der Waals surface area contributed by atoms with Crippen molar-refractivity contribution < 1.29 is 14.6 Å². The lowest BCUT2D eigenvalue weighted by Gasteiger charge is -2.23. The predicted octanol–water partition coefficient (Wildman–Crippen LogP) is 2.81. The monoisotopic (exact) mass is 277 g/mol. The minimum atomic E-state index is -0.984. The van der Waals surface area contributed by atoms with Crippen molar-refractivity contribution in [2.75, 3.05) is 0 Å². The second-order valence-electron chi connectivity index (χ2n) is 4.77. The summed E-state index contributed by atoms with van der Waals surface area (Å²) < 4.78 is 5.68. The summed E-state index contributed by atoms with van der Waals surface area (Å²) in [6.45, 7) is 6.95. The minimum absolute atomic E-state index is 0.424. The lowest BCUT2D eigenvalue weighted by molar-refractivity contribution is -0.163. The van der Waals surface area contributed by atoms with Gasteiger partial charge in [-0.2, -0.15) is 0 Å².